The molecule has 0 aliphatic carbocycles. The third-order valence-corrected chi connectivity index (χ3v) is 5.06. The van der Waals surface area contributed by atoms with E-state index < -0.39 is 4.92 Å². The Hall–Kier alpha value is -2.23. The lowest BCUT2D eigenvalue weighted by atomic mass is 10.1. The van der Waals surface area contributed by atoms with Crippen molar-refractivity contribution in [1.29, 1.82) is 0 Å². The SMILES string of the molecule is CN(CC(=O)N1CCN(CC(=O)NC(C)(C)C)CC1)Cc1cc([N+](=O)[O-])ccc1Cl. The van der Waals surface area contributed by atoms with E-state index in [9.17, 15) is 19.7 Å². The van der Waals surface area contributed by atoms with Gasteiger partial charge in [-0.2, -0.15) is 0 Å². The second-order valence-corrected chi connectivity index (χ2v) is 9.07. The van der Waals surface area contributed by atoms with Crippen LogP contribution in [-0.2, 0) is 16.1 Å². The van der Waals surface area contributed by atoms with Crippen LogP contribution in [0.4, 0.5) is 5.69 Å². The van der Waals surface area contributed by atoms with Crippen molar-refractivity contribution in [3.63, 3.8) is 0 Å². The summed E-state index contributed by atoms with van der Waals surface area (Å²) >= 11 is 6.15. The smallest absolute Gasteiger partial charge is 0.269 e. The fourth-order valence-corrected chi connectivity index (χ4v) is 3.47. The Labute approximate surface area is 182 Å². The van der Waals surface area contributed by atoms with E-state index in [1.807, 2.05) is 25.7 Å². The molecular formula is C20H30ClN5O4. The van der Waals surface area contributed by atoms with Gasteiger partial charge in [0.05, 0.1) is 18.0 Å². The highest BCUT2D eigenvalue weighted by Gasteiger charge is 2.24. The van der Waals surface area contributed by atoms with Crippen LogP contribution in [0.3, 0.4) is 0 Å². The predicted octanol–water partition coefficient (Wildman–Crippen LogP) is 1.74. The number of nitro benzene ring substituents is 1. The van der Waals surface area contributed by atoms with Crippen LogP contribution in [0.25, 0.3) is 0 Å². The van der Waals surface area contributed by atoms with Crippen molar-refractivity contribution in [2.24, 2.45) is 0 Å². The molecule has 1 aliphatic rings. The Morgan fingerprint density at radius 3 is 2.43 bits per heavy atom. The lowest BCUT2D eigenvalue weighted by Gasteiger charge is -2.35. The van der Waals surface area contributed by atoms with Crippen molar-refractivity contribution in [3.8, 4) is 0 Å². The molecular weight excluding hydrogens is 410 g/mol. The quantitative estimate of drug-likeness (QED) is 0.513. The number of nitrogens with zero attached hydrogens (tertiary/aromatic N) is 4. The molecule has 1 saturated heterocycles. The predicted molar refractivity (Wildman–Crippen MR) is 115 cm³/mol. The highest BCUT2D eigenvalue weighted by molar-refractivity contribution is 6.31. The third kappa shape index (κ3) is 7.55. The topological polar surface area (TPSA) is 99.0 Å². The molecule has 30 heavy (non-hydrogen) atoms. The molecule has 1 fully saturated rings. The number of hydrogen-bond donors (Lipinski definition) is 1. The van der Waals surface area contributed by atoms with Crippen molar-refractivity contribution in [3.05, 3.63) is 38.9 Å². The molecule has 1 N–H and O–H groups in total. The first kappa shape index (κ1) is 24.0. The molecule has 0 spiro atoms. The van der Waals surface area contributed by atoms with Crippen LogP contribution in [0, 0.1) is 10.1 Å². The molecule has 0 unspecified atom stereocenters. The molecule has 1 aromatic carbocycles. The van der Waals surface area contributed by atoms with Gasteiger partial charge in [0, 0.05) is 55.4 Å². The van der Waals surface area contributed by atoms with Gasteiger partial charge < -0.3 is 10.2 Å². The molecule has 1 aromatic rings. The van der Waals surface area contributed by atoms with Gasteiger partial charge in [0.15, 0.2) is 0 Å². The Kier molecular flexibility index (Phi) is 8.17. The first-order valence-electron chi connectivity index (χ1n) is 9.87. The normalized spacial score (nSPS) is 15.3. The minimum absolute atomic E-state index is 0.0159. The molecule has 9 nitrogen and oxygen atoms in total. The minimum Gasteiger partial charge on any atom is -0.350 e. The number of hydrogen-bond acceptors (Lipinski definition) is 6. The molecule has 2 rings (SSSR count). The number of amides is 2. The van der Waals surface area contributed by atoms with E-state index in [2.05, 4.69) is 5.32 Å². The molecule has 10 heteroatoms. The molecule has 1 aliphatic heterocycles. The first-order chi connectivity index (χ1) is 13.9. The Bertz CT molecular complexity index is 788. The Morgan fingerprint density at radius 2 is 1.87 bits per heavy atom. The number of carbonyl (C=O) groups excluding carboxylic acids is 2. The third-order valence-electron chi connectivity index (χ3n) is 4.69. The van der Waals surface area contributed by atoms with Crippen molar-refractivity contribution < 1.29 is 14.5 Å². The maximum absolute atomic E-state index is 12.6. The zero-order chi connectivity index (χ0) is 22.5. The highest BCUT2D eigenvalue weighted by Crippen LogP contribution is 2.23. The molecule has 166 valence electrons. The summed E-state index contributed by atoms with van der Waals surface area (Å²) in [7, 11) is 1.78. The molecule has 0 atom stereocenters. The van der Waals surface area contributed by atoms with Crippen molar-refractivity contribution in [2.45, 2.75) is 32.9 Å². The van der Waals surface area contributed by atoms with E-state index in [1.165, 1.54) is 18.2 Å². The van der Waals surface area contributed by atoms with Crippen LogP contribution in [0.15, 0.2) is 18.2 Å². The lowest BCUT2D eigenvalue weighted by Crippen LogP contribution is -2.54. The summed E-state index contributed by atoms with van der Waals surface area (Å²) in [6.45, 7) is 9.08. The number of carbonyl (C=O) groups is 2. The molecule has 0 saturated carbocycles. The van der Waals surface area contributed by atoms with E-state index in [4.69, 9.17) is 11.6 Å². The van der Waals surface area contributed by atoms with Gasteiger partial charge in [-0.05, 0) is 39.4 Å². The molecule has 0 aromatic heterocycles. The lowest BCUT2D eigenvalue weighted by molar-refractivity contribution is -0.384. The summed E-state index contributed by atoms with van der Waals surface area (Å²) in [4.78, 5) is 40.8. The standard InChI is InChI=1S/C20H30ClN5O4/c1-20(2,3)22-18(27)13-24-7-9-25(10-8-24)19(28)14-23(4)12-15-11-16(26(29)30)5-6-17(15)21/h5-6,11H,7-10,12-14H2,1-4H3,(H,22,27). The number of nitro groups is 1. The maximum atomic E-state index is 12.6. The van der Waals surface area contributed by atoms with Crippen LogP contribution >= 0.6 is 11.6 Å². The second kappa shape index (κ2) is 10.2. The maximum Gasteiger partial charge on any atom is 0.269 e. The largest absolute Gasteiger partial charge is 0.350 e. The zero-order valence-corrected chi connectivity index (χ0v) is 18.7. The van der Waals surface area contributed by atoms with Gasteiger partial charge in [-0.15, -0.1) is 0 Å². The average Bonchev–Trinajstić information content (AvgIpc) is 2.62. The summed E-state index contributed by atoms with van der Waals surface area (Å²) in [5.41, 5.74) is 0.318. The Balaban J connectivity index is 1.81. The number of piperazine rings is 1. The monoisotopic (exact) mass is 439 g/mol. The molecule has 0 radical (unpaired) electrons. The van der Waals surface area contributed by atoms with Gasteiger partial charge in [-0.1, -0.05) is 11.6 Å². The number of non-ortho nitro benzene ring substituents is 1. The zero-order valence-electron chi connectivity index (χ0n) is 18.0. The van der Waals surface area contributed by atoms with Crippen LogP contribution in [0.2, 0.25) is 5.02 Å². The van der Waals surface area contributed by atoms with Gasteiger partial charge in [-0.3, -0.25) is 29.5 Å². The van der Waals surface area contributed by atoms with Gasteiger partial charge in [-0.25, -0.2) is 0 Å². The van der Waals surface area contributed by atoms with Gasteiger partial charge in [0.1, 0.15) is 0 Å². The number of likely N-dealkylation sites (N-methyl/N-ethyl adjacent to an activating group) is 1. The van der Waals surface area contributed by atoms with Crippen molar-refractivity contribution >= 4 is 29.1 Å². The van der Waals surface area contributed by atoms with Crippen molar-refractivity contribution in [1.82, 2.24) is 20.0 Å². The average molecular weight is 440 g/mol. The highest BCUT2D eigenvalue weighted by atomic mass is 35.5. The van der Waals surface area contributed by atoms with Gasteiger partial charge >= 0.3 is 0 Å². The van der Waals surface area contributed by atoms with Crippen LogP contribution in [-0.4, -0.2) is 83.3 Å². The van der Waals surface area contributed by atoms with Crippen LogP contribution < -0.4 is 5.32 Å². The van der Waals surface area contributed by atoms with Crippen LogP contribution in [0.5, 0.6) is 0 Å². The number of nitrogens with one attached hydrogen (secondary N) is 1. The summed E-state index contributed by atoms with van der Waals surface area (Å²) in [6, 6.07) is 4.29. The number of benzene rings is 1. The minimum atomic E-state index is -0.466. The second-order valence-electron chi connectivity index (χ2n) is 8.66. The molecule has 1 heterocycles. The summed E-state index contributed by atoms with van der Waals surface area (Å²) in [5.74, 6) is -0.0336. The van der Waals surface area contributed by atoms with Gasteiger partial charge in [0.2, 0.25) is 11.8 Å². The summed E-state index contributed by atoms with van der Waals surface area (Å²) in [6.07, 6.45) is 0. The fourth-order valence-electron chi connectivity index (χ4n) is 3.29. The summed E-state index contributed by atoms with van der Waals surface area (Å²) in [5, 5.41) is 14.3. The van der Waals surface area contributed by atoms with Crippen LogP contribution in [0.1, 0.15) is 26.3 Å². The van der Waals surface area contributed by atoms with E-state index in [-0.39, 0.29) is 29.6 Å². The first-order valence-corrected chi connectivity index (χ1v) is 10.2. The molecule has 2 amide bonds. The molecule has 0 bridgehead atoms. The van der Waals surface area contributed by atoms with E-state index in [1.54, 1.807) is 16.8 Å². The Morgan fingerprint density at radius 1 is 1.23 bits per heavy atom. The fraction of sp³-hybridized carbons (Fsp3) is 0.600. The van der Waals surface area contributed by atoms with Crippen molar-refractivity contribution in [2.75, 3.05) is 46.3 Å². The number of rotatable bonds is 7. The van der Waals surface area contributed by atoms with E-state index in [0.717, 1.165) is 0 Å². The van der Waals surface area contributed by atoms with E-state index in [0.29, 0.717) is 49.9 Å². The summed E-state index contributed by atoms with van der Waals surface area (Å²) < 4.78 is 0. The van der Waals surface area contributed by atoms with E-state index >= 15 is 0 Å². The van der Waals surface area contributed by atoms with Gasteiger partial charge in [0.25, 0.3) is 5.69 Å². The number of halogens is 1.